The first-order valence-electron chi connectivity index (χ1n) is 7.74. The molecule has 0 atom stereocenters. The Morgan fingerprint density at radius 2 is 1.84 bits per heavy atom. The molecule has 1 saturated carbocycles. The average Bonchev–Trinajstić information content (AvgIpc) is 3.10. The number of piperazine rings is 1. The molecule has 2 aliphatic rings. The third kappa shape index (κ3) is 3.36. The molecule has 2 heterocycles. The van der Waals surface area contributed by atoms with Crippen molar-refractivity contribution in [1.29, 1.82) is 0 Å². The normalized spacial score (nSPS) is 23.2. The van der Waals surface area contributed by atoms with Gasteiger partial charge in [-0.15, -0.1) is 11.3 Å². The average molecular weight is 279 g/mol. The van der Waals surface area contributed by atoms with E-state index in [2.05, 4.69) is 22.1 Å². The minimum Gasteiger partial charge on any atom is -0.301 e. The van der Waals surface area contributed by atoms with Gasteiger partial charge in [0.1, 0.15) is 0 Å². The highest BCUT2D eigenvalue weighted by Crippen LogP contribution is 2.35. The highest BCUT2D eigenvalue weighted by Gasteiger charge is 2.21. The van der Waals surface area contributed by atoms with Gasteiger partial charge < -0.3 is 4.90 Å². The van der Waals surface area contributed by atoms with Crippen molar-refractivity contribution in [3.63, 3.8) is 0 Å². The second-order valence-electron chi connectivity index (χ2n) is 5.87. The summed E-state index contributed by atoms with van der Waals surface area (Å²) >= 11 is 1.89. The van der Waals surface area contributed by atoms with Gasteiger partial charge in [0.05, 0.1) is 10.7 Å². The Labute approximate surface area is 120 Å². The fourth-order valence-corrected chi connectivity index (χ4v) is 4.23. The molecule has 0 spiro atoms. The van der Waals surface area contributed by atoms with E-state index >= 15 is 0 Å². The Morgan fingerprint density at radius 1 is 1.16 bits per heavy atom. The van der Waals surface area contributed by atoms with Crippen LogP contribution in [0.4, 0.5) is 0 Å². The summed E-state index contributed by atoms with van der Waals surface area (Å²) in [6, 6.07) is 0. The van der Waals surface area contributed by atoms with Gasteiger partial charge in [-0.25, -0.2) is 4.98 Å². The topological polar surface area (TPSA) is 19.4 Å². The van der Waals surface area contributed by atoms with Gasteiger partial charge in [0.25, 0.3) is 0 Å². The second kappa shape index (κ2) is 6.33. The Bertz CT molecular complexity index is 390. The number of hydrogen-bond acceptors (Lipinski definition) is 4. The molecule has 3 nitrogen and oxygen atoms in total. The Kier molecular flexibility index (Phi) is 4.51. The molecule has 4 heteroatoms. The van der Waals surface area contributed by atoms with Crippen molar-refractivity contribution >= 4 is 11.3 Å². The minimum absolute atomic E-state index is 0.774. The highest BCUT2D eigenvalue weighted by molar-refractivity contribution is 7.09. The molecule has 0 radical (unpaired) electrons. The van der Waals surface area contributed by atoms with Gasteiger partial charge in [-0.05, 0) is 19.4 Å². The third-order valence-electron chi connectivity index (χ3n) is 4.57. The zero-order valence-corrected chi connectivity index (χ0v) is 12.8. The van der Waals surface area contributed by atoms with Gasteiger partial charge in [0, 0.05) is 44.0 Å². The lowest BCUT2D eigenvalue weighted by Gasteiger charge is -2.33. The maximum Gasteiger partial charge on any atom is 0.0959 e. The van der Waals surface area contributed by atoms with Gasteiger partial charge in [-0.2, -0.15) is 0 Å². The predicted octanol–water partition coefficient (Wildman–Crippen LogP) is 2.94. The molecule has 1 aromatic rings. The lowest BCUT2D eigenvalue weighted by Crippen LogP contribution is -2.45. The van der Waals surface area contributed by atoms with Crippen LogP contribution in [0, 0.1) is 0 Å². The van der Waals surface area contributed by atoms with Crippen molar-refractivity contribution in [2.75, 3.05) is 32.7 Å². The van der Waals surface area contributed by atoms with Gasteiger partial charge in [-0.3, -0.25) is 4.90 Å². The third-order valence-corrected chi connectivity index (χ3v) is 5.63. The van der Waals surface area contributed by atoms with Crippen molar-refractivity contribution < 1.29 is 0 Å². The summed E-state index contributed by atoms with van der Waals surface area (Å²) in [7, 11) is 0. The summed E-state index contributed by atoms with van der Waals surface area (Å²) in [6.07, 6.45) is 5.53. The summed E-state index contributed by atoms with van der Waals surface area (Å²) < 4.78 is 0. The van der Waals surface area contributed by atoms with Crippen LogP contribution >= 0.6 is 11.3 Å². The highest BCUT2D eigenvalue weighted by atomic mass is 32.1. The van der Waals surface area contributed by atoms with Crippen LogP contribution in [-0.2, 0) is 6.54 Å². The largest absolute Gasteiger partial charge is 0.301 e. The first-order chi connectivity index (χ1) is 9.35. The van der Waals surface area contributed by atoms with Crippen molar-refractivity contribution in [3.8, 4) is 0 Å². The molecular weight excluding hydrogens is 254 g/mol. The fraction of sp³-hybridized carbons (Fsp3) is 0.800. The molecule has 1 aromatic heterocycles. The smallest absolute Gasteiger partial charge is 0.0959 e. The number of rotatable bonds is 4. The summed E-state index contributed by atoms with van der Waals surface area (Å²) in [4.78, 5) is 9.97. The lowest BCUT2D eigenvalue weighted by atomic mass is 10.1. The molecule has 1 aliphatic carbocycles. The zero-order valence-electron chi connectivity index (χ0n) is 12.0. The van der Waals surface area contributed by atoms with E-state index in [1.54, 1.807) is 0 Å². The SMILES string of the molecule is CCN1CCN(Cc2csc(C3CCCC3)n2)CC1. The summed E-state index contributed by atoms with van der Waals surface area (Å²) in [5, 5.41) is 3.69. The van der Waals surface area contributed by atoms with Crippen molar-refractivity contribution in [1.82, 2.24) is 14.8 Å². The van der Waals surface area contributed by atoms with Crippen molar-refractivity contribution in [2.45, 2.75) is 45.1 Å². The molecule has 3 rings (SSSR count). The summed E-state index contributed by atoms with van der Waals surface area (Å²) in [5.74, 6) is 0.774. The molecule has 0 N–H and O–H groups in total. The van der Waals surface area contributed by atoms with Crippen LogP contribution < -0.4 is 0 Å². The van der Waals surface area contributed by atoms with E-state index < -0.39 is 0 Å². The first-order valence-corrected chi connectivity index (χ1v) is 8.62. The summed E-state index contributed by atoms with van der Waals surface area (Å²) in [6.45, 7) is 9.33. The molecule has 0 unspecified atom stereocenters. The molecule has 0 bridgehead atoms. The number of hydrogen-bond donors (Lipinski definition) is 0. The van der Waals surface area contributed by atoms with Crippen molar-refractivity contribution in [3.05, 3.63) is 16.1 Å². The molecule has 19 heavy (non-hydrogen) atoms. The standard InChI is InChI=1S/C15H25N3S/c1-2-17-7-9-18(10-8-17)11-14-12-19-15(16-14)13-5-3-4-6-13/h12-13H,2-11H2,1H3. The number of thiazole rings is 1. The van der Waals surface area contributed by atoms with E-state index in [9.17, 15) is 0 Å². The number of aromatic nitrogens is 1. The van der Waals surface area contributed by atoms with Crippen LogP contribution in [0.2, 0.25) is 0 Å². The molecule has 1 saturated heterocycles. The van der Waals surface area contributed by atoms with Gasteiger partial charge in [0.2, 0.25) is 0 Å². The van der Waals surface area contributed by atoms with Crippen LogP contribution in [0.25, 0.3) is 0 Å². The molecule has 0 aromatic carbocycles. The second-order valence-corrected chi connectivity index (χ2v) is 6.76. The van der Waals surface area contributed by atoms with Crippen LogP contribution in [0.5, 0.6) is 0 Å². The Hall–Kier alpha value is -0.450. The Balaban J connectivity index is 1.52. The van der Waals surface area contributed by atoms with Crippen LogP contribution in [0.15, 0.2) is 5.38 Å². The van der Waals surface area contributed by atoms with Gasteiger partial charge in [-0.1, -0.05) is 19.8 Å². The molecule has 0 amide bonds. The number of likely N-dealkylation sites (N-methyl/N-ethyl adjacent to an activating group) is 1. The van der Waals surface area contributed by atoms with Crippen LogP contribution in [0.1, 0.15) is 49.2 Å². The van der Waals surface area contributed by atoms with Gasteiger partial charge in [0.15, 0.2) is 0 Å². The molecule has 1 aliphatic heterocycles. The van der Waals surface area contributed by atoms with Crippen LogP contribution in [0.3, 0.4) is 0 Å². The van der Waals surface area contributed by atoms with E-state index in [0.29, 0.717) is 0 Å². The van der Waals surface area contributed by atoms with E-state index in [1.807, 2.05) is 11.3 Å². The zero-order chi connectivity index (χ0) is 13.1. The van der Waals surface area contributed by atoms with E-state index in [-0.39, 0.29) is 0 Å². The quantitative estimate of drug-likeness (QED) is 0.845. The van der Waals surface area contributed by atoms with Crippen LogP contribution in [-0.4, -0.2) is 47.5 Å². The number of nitrogens with zero attached hydrogens (tertiary/aromatic N) is 3. The van der Waals surface area contributed by atoms with E-state index in [1.165, 1.54) is 69.1 Å². The van der Waals surface area contributed by atoms with Gasteiger partial charge >= 0.3 is 0 Å². The first kappa shape index (κ1) is 13.5. The molecule has 2 fully saturated rings. The van der Waals surface area contributed by atoms with E-state index in [4.69, 9.17) is 4.98 Å². The monoisotopic (exact) mass is 279 g/mol. The maximum atomic E-state index is 4.89. The fourth-order valence-electron chi connectivity index (χ4n) is 3.25. The molecule has 106 valence electrons. The maximum absolute atomic E-state index is 4.89. The van der Waals surface area contributed by atoms with Crippen molar-refractivity contribution in [2.24, 2.45) is 0 Å². The lowest BCUT2D eigenvalue weighted by molar-refractivity contribution is 0.131. The Morgan fingerprint density at radius 3 is 2.53 bits per heavy atom. The predicted molar refractivity (Wildman–Crippen MR) is 80.7 cm³/mol. The summed E-state index contributed by atoms with van der Waals surface area (Å²) in [5.41, 5.74) is 1.30. The van der Waals surface area contributed by atoms with E-state index in [0.717, 1.165) is 12.5 Å². The minimum atomic E-state index is 0.774. The molecular formula is C15H25N3S.